The fourth-order valence-corrected chi connectivity index (χ4v) is 3.96. The van der Waals surface area contributed by atoms with Crippen molar-refractivity contribution in [3.63, 3.8) is 0 Å². The number of hydrogen-bond acceptors (Lipinski definition) is 4. The molecule has 1 amide bonds. The molecule has 1 atom stereocenters. The average Bonchev–Trinajstić information content (AvgIpc) is 2.61. The van der Waals surface area contributed by atoms with Gasteiger partial charge in [0.1, 0.15) is 0 Å². The van der Waals surface area contributed by atoms with Crippen molar-refractivity contribution in [1.82, 2.24) is 15.0 Å². The van der Waals surface area contributed by atoms with E-state index >= 15 is 0 Å². The second kappa shape index (κ2) is 8.91. The SMILES string of the molecule is Cc1ccc(C)c(S(=O)(=O)NCCNC(=O)C[C@H](C)c2cccnc2)c1. The van der Waals surface area contributed by atoms with Crippen molar-refractivity contribution in [2.45, 2.75) is 38.0 Å². The molecule has 26 heavy (non-hydrogen) atoms. The Morgan fingerprint density at radius 3 is 2.65 bits per heavy atom. The third kappa shape index (κ3) is 5.64. The van der Waals surface area contributed by atoms with Crippen molar-refractivity contribution < 1.29 is 13.2 Å². The van der Waals surface area contributed by atoms with Crippen molar-refractivity contribution in [1.29, 1.82) is 0 Å². The number of aryl methyl sites for hydroxylation is 2. The number of carbonyl (C=O) groups is 1. The van der Waals surface area contributed by atoms with Crippen LogP contribution < -0.4 is 10.0 Å². The van der Waals surface area contributed by atoms with Gasteiger partial charge in [0.2, 0.25) is 15.9 Å². The third-order valence-corrected chi connectivity index (χ3v) is 5.72. The molecular formula is C19H25N3O3S. The lowest BCUT2D eigenvalue weighted by molar-refractivity contribution is -0.121. The van der Waals surface area contributed by atoms with E-state index in [1.165, 1.54) is 0 Å². The zero-order chi connectivity index (χ0) is 19.2. The lowest BCUT2D eigenvalue weighted by Crippen LogP contribution is -2.35. The van der Waals surface area contributed by atoms with Gasteiger partial charge in [0.05, 0.1) is 4.90 Å². The van der Waals surface area contributed by atoms with E-state index in [4.69, 9.17) is 0 Å². The summed E-state index contributed by atoms with van der Waals surface area (Å²) in [5, 5.41) is 2.75. The van der Waals surface area contributed by atoms with Crippen LogP contribution >= 0.6 is 0 Å². The standard InChI is InChI=1S/C19H25N3O3S/c1-14-6-7-15(2)18(11-14)26(24,25)22-10-9-21-19(23)12-16(3)17-5-4-8-20-13-17/h4-8,11,13,16,22H,9-10,12H2,1-3H3,(H,21,23)/t16-/m0/s1. The predicted molar refractivity (Wildman–Crippen MR) is 101 cm³/mol. The number of carbonyl (C=O) groups excluding carboxylic acids is 1. The maximum atomic E-state index is 12.4. The van der Waals surface area contributed by atoms with Crippen LogP contribution in [0.2, 0.25) is 0 Å². The van der Waals surface area contributed by atoms with Gasteiger partial charge in [0.25, 0.3) is 0 Å². The first-order valence-corrected chi connectivity index (χ1v) is 10.0. The fourth-order valence-electron chi connectivity index (χ4n) is 2.60. The highest BCUT2D eigenvalue weighted by molar-refractivity contribution is 7.89. The summed E-state index contributed by atoms with van der Waals surface area (Å²) in [7, 11) is -3.59. The Kier molecular flexibility index (Phi) is 6.88. The Morgan fingerprint density at radius 2 is 1.96 bits per heavy atom. The number of nitrogens with zero attached hydrogens (tertiary/aromatic N) is 1. The van der Waals surface area contributed by atoms with Crippen LogP contribution in [0.5, 0.6) is 0 Å². The van der Waals surface area contributed by atoms with Crippen LogP contribution in [0.1, 0.15) is 36.0 Å². The first-order chi connectivity index (χ1) is 12.3. The number of nitrogens with one attached hydrogen (secondary N) is 2. The fraction of sp³-hybridized carbons (Fsp3) is 0.368. The number of hydrogen-bond donors (Lipinski definition) is 2. The first kappa shape index (κ1) is 20.1. The molecule has 2 rings (SSSR count). The largest absolute Gasteiger partial charge is 0.355 e. The molecule has 2 aromatic rings. The molecule has 0 radical (unpaired) electrons. The molecule has 1 aromatic carbocycles. The molecule has 1 heterocycles. The van der Waals surface area contributed by atoms with Gasteiger partial charge in [-0.25, -0.2) is 13.1 Å². The molecule has 0 aliphatic rings. The number of amides is 1. The summed E-state index contributed by atoms with van der Waals surface area (Å²) in [5.41, 5.74) is 2.57. The van der Waals surface area contributed by atoms with E-state index in [-0.39, 0.29) is 29.8 Å². The van der Waals surface area contributed by atoms with Crippen LogP contribution in [0.25, 0.3) is 0 Å². The Balaban J connectivity index is 1.80. The summed E-state index contributed by atoms with van der Waals surface area (Å²) in [6, 6.07) is 9.07. The van der Waals surface area contributed by atoms with E-state index in [2.05, 4.69) is 15.0 Å². The molecule has 7 heteroatoms. The molecular weight excluding hydrogens is 350 g/mol. The van der Waals surface area contributed by atoms with E-state index in [0.717, 1.165) is 11.1 Å². The molecule has 0 aliphatic heterocycles. The van der Waals surface area contributed by atoms with Crippen molar-refractivity contribution in [3.05, 3.63) is 59.4 Å². The first-order valence-electron chi connectivity index (χ1n) is 8.53. The van der Waals surface area contributed by atoms with Gasteiger partial charge in [-0.2, -0.15) is 0 Å². The van der Waals surface area contributed by atoms with Gasteiger partial charge < -0.3 is 5.32 Å². The zero-order valence-electron chi connectivity index (χ0n) is 15.3. The zero-order valence-corrected chi connectivity index (χ0v) is 16.1. The second-order valence-electron chi connectivity index (χ2n) is 6.41. The van der Waals surface area contributed by atoms with Crippen LogP contribution in [-0.4, -0.2) is 32.4 Å². The summed E-state index contributed by atoms with van der Waals surface area (Å²) in [4.78, 5) is 16.3. The van der Waals surface area contributed by atoms with Crippen LogP contribution in [0.3, 0.4) is 0 Å². The van der Waals surface area contributed by atoms with Gasteiger partial charge in [-0.3, -0.25) is 9.78 Å². The number of aromatic nitrogens is 1. The quantitative estimate of drug-likeness (QED) is 0.693. The molecule has 2 N–H and O–H groups in total. The molecule has 0 unspecified atom stereocenters. The summed E-state index contributed by atoms with van der Waals surface area (Å²) >= 11 is 0. The monoisotopic (exact) mass is 375 g/mol. The second-order valence-corrected chi connectivity index (χ2v) is 8.14. The minimum atomic E-state index is -3.59. The molecule has 1 aromatic heterocycles. The Labute approximate surface area is 155 Å². The van der Waals surface area contributed by atoms with Crippen LogP contribution in [-0.2, 0) is 14.8 Å². The van der Waals surface area contributed by atoms with Crippen LogP contribution in [0.15, 0.2) is 47.6 Å². The highest BCUT2D eigenvalue weighted by atomic mass is 32.2. The molecule has 0 aliphatic carbocycles. The highest BCUT2D eigenvalue weighted by Crippen LogP contribution is 2.17. The number of sulfonamides is 1. The van der Waals surface area contributed by atoms with Gasteiger partial charge in [-0.15, -0.1) is 0 Å². The Morgan fingerprint density at radius 1 is 1.19 bits per heavy atom. The lowest BCUT2D eigenvalue weighted by Gasteiger charge is -2.13. The average molecular weight is 375 g/mol. The predicted octanol–water partition coefficient (Wildman–Crippen LogP) is 2.29. The molecule has 0 bridgehead atoms. The minimum Gasteiger partial charge on any atom is -0.355 e. The van der Waals surface area contributed by atoms with Crippen LogP contribution in [0.4, 0.5) is 0 Å². The van der Waals surface area contributed by atoms with Crippen molar-refractivity contribution in [3.8, 4) is 0 Å². The molecule has 0 saturated carbocycles. The highest BCUT2D eigenvalue weighted by Gasteiger charge is 2.16. The van der Waals surface area contributed by atoms with Crippen molar-refractivity contribution >= 4 is 15.9 Å². The van der Waals surface area contributed by atoms with Gasteiger partial charge in [-0.05, 0) is 48.6 Å². The summed E-state index contributed by atoms with van der Waals surface area (Å²) < 4.78 is 27.3. The van der Waals surface area contributed by atoms with E-state index in [0.29, 0.717) is 12.0 Å². The molecule has 6 nitrogen and oxygen atoms in total. The third-order valence-electron chi connectivity index (χ3n) is 4.12. The van der Waals surface area contributed by atoms with Gasteiger partial charge in [-0.1, -0.05) is 25.1 Å². The van der Waals surface area contributed by atoms with E-state index in [1.807, 2.05) is 32.0 Å². The maximum absolute atomic E-state index is 12.4. The van der Waals surface area contributed by atoms with E-state index < -0.39 is 10.0 Å². The van der Waals surface area contributed by atoms with Gasteiger partial charge in [0, 0.05) is 31.9 Å². The molecule has 0 fully saturated rings. The molecule has 0 saturated heterocycles. The van der Waals surface area contributed by atoms with E-state index in [1.54, 1.807) is 31.5 Å². The van der Waals surface area contributed by atoms with Crippen molar-refractivity contribution in [2.24, 2.45) is 0 Å². The van der Waals surface area contributed by atoms with Crippen molar-refractivity contribution in [2.75, 3.05) is 13.1 Å². The van der Waals surface area contributed by atoms with Gasteiger partial charge >= 0.3 is 0 Å². The van der Waals surface area contributed by atoms with Gasteiger partial charge in [0.15, 0.2) is 0 Å². The summed E-state index contributed by atoms with van der Waals surface area (Å²) in [6.07, 6.45) is 3.77. The summed E-state index contributed by atoms with van der Waals surface area (Å²) in [6.45, 7) is 5.95. The number of pyridine rings is 1. The number of rotatable bonds is 8. The lowest BCUT2D eigenvalue weighted by atomic mass is 9.99. The Bertz CT molecular complexity index is 852. The number of benzene rings is 1. The topological polar surface area (TPSA) is 88.2 Å². The Hall–Kier alpha value is -2.25. The smallest absolute Gasteiger partial charge is 0.240 e. The summed E-state index contributed by atoms with van der Waals surface area (Å²) in [5.74, 6) is -0.0670. The normalized spacial score (nSPS) is 12.6. The minimum absolute atomic E-state index is 0.0512. The van der Waals surface area contributed by atoms with E-state index in [9.17, 15) is 13.2 Å². The van der Waals surface area contributed by atoms with Crippen LogP contribution in [0, 0.1) is 13.8 Å². The molecule has 140 valence electrons. The maximum Gasteiger partial charge on any atom is 0.240 e. The molecule has 0 spiro atoms.